The van der Waals surface area contributed by atoms with E-state index in [0.717, 1.165) is 18.7 Å². The molecule has 0 bridgehead atoms. The Morgan fingerprint density at radius 2 is 2.20 bits per heavy atom. The van der Waals surface area contributed by atoms with E-state index in [1.165, 1.54) is 19.3 Å². The highest BCUT2D eigenvalue weighted by Crippen LogP contribution is 2.38. The third-order valence-electron chi connectivity index (χ3n) is 4.37. The first-order valence-electron chi connectivity index (χ1n) is 7.46. The van der Waals surface area contributed by atoms with Crippen LogP contribution in [0, 0.1) is 12.3 Å². The molecule has 1 saturated carbocycles. The summed E-state index contributed by atoms with van der Waals surface area (Å²) in [5, 5.41) is 10.7. The summed E-state index contributed by atoms with van der Waals surface area (Å²) in [6, 6.07) is 0. The van der Waals surface area contributed by atoms with Crippen LogP contribution in [0.3, 0.4) is 0 Å². The van der Waals surface area contributed by atoms with Crippen LogP contribution in [0.1, 0.15) is 44.3 Å². The topological polar surface area (TPSA) is 85.8 Å². The minimum Gasteiger partial charge on any atom is -0.354 e. The number of carbonyl (C=O) groups excluding carboxylic acids is 1. The van der Waals surface area contributed by atoms with Crippen LogP contribution in [0.25, 0.3) is 0 Å². The standard InChI is InChI=1S/C14H25N5O/c1-12-18-17-11-19(12)8-7-16-13(20)9-14(10-15)5-3-2-4-6-14/h11H,2-10,15H2,1H3,(H,16,20). The fraction of sp³-hybridized carbons (Fsp3) is 0.786. The summed E-state index contributed by atoms with van der Waals surface area (Å²) in [6.45, 7) is 3.84. The Balaban J connectivity index is 1.75. The smallest absolute Gasteiger partial charge is 0.220 e. The number of nitrogens with two attached hydrogens (primary N) is 1. The average Bonchev–Trinajstić information content (AvgIpc) is 2.85. The lowest BCUT2D eigenvalue weighted by Crippen LogP contribution is -2.39. The molecular weight excluding hydrogens is 254 g/mol. The molecule has 3 N–H and O–H groups in total. The zero-order chi connectivity index (χ0) is 14.4. The number of aryl methyl sites for hydroxylation is 1. The Morgan fingerprint density at radius 3 is 2.80 bits per heavy atom. The fourth-order valence-electron chi connectivity index (χ4n) is 3.01. The van der Waals surface area contributed by atoms with Gasteiger partial charge in [0.15, 0.2) is 0 Å². The van der Waals surface area contributed by atoms with Gasteiger partial charge in [0, 0.05) is 19.5 Å². The van der Waals surface area contributed by atoms with E-state index in [1.807, 2.05) is 11.5 Å². The SMILES string of the molecule is Cc1nncn1CCNC(=O)CC1(CN)CCCCC1. The molecule has 1 aliphatic rings. The van der Waals surface area contributed by atoms with Gasteiger partial charge in [-0.3, -0.25) is 4.79 Å². The van der Waals surface area contributed by atoms with Crippen LogP contribution in [0.2, 0.25) is 0 Å². The molecule has 1 amide bonds. The molecule has 1 fully saturated rings. The molecule has 0 atom stereocenters. The lowest BCUT2D eigenvalue weighted by atomic mass is 9.71. The Hall–Kier alpha value is -1.43. The molecule has 6 heteroatoms. The highest BCUT2D eigenvalue weighted by molar-refractivity contribution is 5.76. The summed E-state index contributed by atoms with van der Waals surface area (Å²) in [5.74, 6) is 0.980. The van der Waals surface area contributed by atoms with Gasteiger partial charge in [0.1, 0.15) is 12.2 Å². The van der Waals surface area contributed by atoms with Crippen molar-refractivity contribution in [3.63, 3.8) is 0 Å². The van der Waals surface area contributed by atoms with Gasteiger partial charge in [-0.2, -0.15) is 0 Å². The highest BCUT2D eigenvalue weighted by atomic mass is 16.1. The predicted molar refractivity (Wildman–Crippen MR) is 77.0 cm³/mol. The van der Waals surface area contributed by atoms with Gasteiger partial charge in [-0.05, 0) is 31.7 Å². The molecule has 0 saturated heterocycles. The van der Waals surface area contributed by atoms with Crippen molar-refractivity contribution >= 4 is 5.91 Å². The maximum absolute atomic E-state index is 12.1. The molecule has 0 radical (unpaired) electrons. The molecular formula is C14H25N5O. The molecule has 112 valence electrons. The molecule has 1 aromatic heterocycles. The van der Waals surface area contributed by atoms with Crippen LogP contribution in [0.4, 0.5) is 0 Å². The van der Waals surface area contributed by atoms with Crippen LogP contribution in [-0.4, -0.2) is 33.8 Å². The van der Waals surface area contributed by atoms with Gasteiger partial charge in [-0.25, -0.2) is 0 Å². The van der Waals surface area contributed by atoms with E-state index in [9.17, 15) is 4.79 Å². The van der Waals surface area contributed by atoms with E-state index in [2.05, 4.69) is 15.5 Å². The van der Waals surface area contributed by atoms with Crippen LogP contribution in [0.15, 0.2) is 6.33 Å². The summed E-state index contributed by atoms with van der Waals surface area (Å²) in [6.07, 6.45) is 8.09. The summed E-state index contributed by atoms with van der Waals surface area (Å²) in [7, 11) is 0. The van der Waals surface area contributed by atoms with E-state index in [-0.39, 0.29) is 11.3 Å². The van der Waals surface area contributed by atoms with Gasteiger partial charge in [-0.1, -0.05) is 19.3 Å². The third-order valence-corrected chi connectivity index (χ3v) is 4.37. The molecule has 0 aromatic carbocycles. The molecule has 1 aromatic rings. The number of rotatable bonds is 6. The van der Waals surface area contributed by atoms with E-state index in [1.54, 1.807) is 6.33 Å². The number of aromatic nitrogens is 3. The fourth-order valence-corrected chi connectivity index (χ4v) is 3.01. The van der Waals surface area contributed by atoms with Gasteiger partial charge in [0.25, 0.3) is 0 Å². The lowest BCUT2D eigenvalue weighted by Gasteiger charge is -2.35. The van der Waals surface area contributed by atoms with Crippen molar-refractivity contribution in [2.75, 3.05) is 13.1 Å². The van der Waals surface area contributed by atoms with Gasteiger partial charge in [0.05, 0.1) is 0 Å². The normalized spacial score (nSPS) is 17.9. The van der Waals surface area contributed by atoms with Crippen molar-refractivity contribution in [2.24, 2.45) is 11.1 Å². The molecule has 20 heavy (non-hydrogen) atoms. The number of hydrogen-bond donors (Lipinski definition) is 2. The van der Waals surface area contributed by atoms with Crippen molar-refractivity contribution in [2.45, 2.75) is 52.0 Å². The van der Waals surface area contributed by atoms with Crippen molar-refractivity contribution in [1.29, 1.82) is 0 Å². The van der Waals surface area contributed by atoms with Crippen LogP contribution < -0.4 is 11.1 Å². The number of amides is 1. The van der Waals surface area contributed by atoms with Crippen molar-refractivity contribution < 1.29 is 4.79 Å². The predicted octanol–water partition coefficient (Wildman–Crippen LogP) is 1.00. The van der Waals surface area contributed by atoms with Gasteiger partial charge < -0.3 is 15.6 Å². The zero-order valence-electron chi connectivity index (χ0n) is 12.3. The van der Waals surface area contributed by atoms with Crippen molar-refractivity contribution in [3.05, 3.63) is 12.2 Å². The van der Waals surface area contributed by atoms with E-state index in [0.29, 0.717) is 26.1 Å². The monoisotopic (exact) mass is 279 g/mol. The second-order valence-corrected chi connectivity index (χ2v) is 5.86. The zero-order valence-corrected chi connectivity index (χ0v) is 12.3. The third kappa shape index (κ3) is 3.79. The molecule has 1 heterocycles. The maximum Gasteiger partial charge on any atom is 0.220 e. The molecule has 1 aliphatic carbocycles. The molecule has 2 rings (SSSR count). The van der Waals surface area contributed by atoms with Crippen LogP contribution in [0.5, 0.6) is 0 Å². The molecule has 0 spiro atoms. The van der Waals surface area contributed by atoms with Crippen LogP contribution >= 0.6 is 0 Å². The van der Waals surface area contributed by atoms with E-state index in [4.69, 9.17) is 5.73 Å². The Kier molecular flexibility index (Phi) is 5.11. The lowest BCUT2D eigenvalue weighted by molar-refractivity contribution is -0.123. The maximum atomic E-state index is 12.1. The van der Waals surface area contributed by atoms with Gasteiger partial charge in [-0.15, -0.1) is 10.2 Å². The summed E-state index contributed by atoms with van der Waals surface area (Å²) >= 11 is 0. The Bertz CT molecular complexity index is 437. The largest absolute Gasteiger partial charge is 0.354 e. The van der Waals surface area contributed by atoms with Crippen molar-refractivity contribution in [3.8, 4) is 0 Å². The van der Waals surface area contributed by atoms with Gasteiger partial charge >= 0.3 is 0 Å². The Labute approximate surface area is 120 Å². The Morgan fingerprint density at radius 1 is 1.45 bits per heavy atom. The minimum atomic E-state index is 0.0365. The minimum absolute atomic E-state index is 0.0365. The summed E-state index contributed by atoms with van der Waals surface area (Å²) in [4.78, 5) is 12.1. The summed E-state index contributed by atoms with van der Waals surface area (Å²) < 4.78 is 1.93. The second-order valence-electron chi connectivity index (χ2n) is 5.86. The highest BCUT2D eigenvalue weighted by Gasteiger charge is 2.32. The van der Waals surface area contributed by atoms with E-state index >= 15 is 0 Å². The first kappa shape index (κ1) is 15.0. The van der Waals surface area contributed by atoms with Crippen molar-refractivity contribution in [1.82, 2.24) is 20.1 Å². The van der Waals surface area contributed by atoms with Gasteiger partial charge in [0.2, 0.25) is 5.91 Å². The molecule has 0 aliphatic heterocycles. The number of nitrogens with zero attached hydrogens (tertiary/aromatic N) is 3. The number of nitrogens with one attached hydrogen (secondary N) is 1. The van der Waals surface area contributed by atoms with Crippen LogP contribution in [-0.2, 0) is 11.3 Å². The number of carbonyl (C=O) groups is 1. The average molecular weight is 279 g/mol. The molecule has 0 unspecified atom stereocenters. The molecule has 6 nitrogen and oxygen atoms in total. The second kappa shape index (κ2) is 6.83. The van der Waals surface area contributed by atoms with E-state index < -0.39 is 0 Å². The first-order valence-corrected chi connectivity index (χ1v) is 7.46. The quantitative estimate of drug-likeness (QED) is 0.813. The first-order chi connectivity index (χ1) is 9.65. The number of hydrogen-bond acceptors (Lipinski definition) is 4. The summed E-state index contributed by atoms with van der Waals surface area (Å²) in [5.41, 5.74) is 5.95.